The third kappa shape index (κ3) is 6.69. The van der Waals surface area contributed by atoms with Crippen LogP contribution in [0.5, 0.6) is 0 Å². The molecule has 1 heterocycles. The van der Waals surface area contributed by atoms with Crippen LogP contribution in [0.2, 0.25) is 0 Å². The highest BCUT2D eigenvalue weighted by Gasteiger charge is 2.37. The second-order valence-electron chi connectivity index (χ2n) is 7.24. The second-order valence-corrected chi connectivity index (χ2v) is 7.60. The number of aliphatic carboxylic acids is 1. The van der Waals surface area contributed by atoms with E-state index in [1.54, 1.807) is 0 Å². The molecule has 4 atom stereocenters. The minimum Gasteiger partial charge on any atom is -0.480 e. The van der Waals surface area contributed by atoms with Crippen LogP contribution >= 0.6 is 12.6 Å². The summed E-state index contributed by atoms with van der Waals surface area (Å²) in [6.45, 7) is 5.84. The smallest absolute Gasteiger partial charge is 0.327 e. The molecule has 0 saturated carbocycles. The van der Waals surface area contributed by atoms with Crippen molar-refractivity contribution in [3.63, 3.8) is 0 Å². The van der Waals surface area contributed by atoms with E-state index >= 15 is 0 Å². The Labute approximate surface area is 164 Å². The molecule has 0 aromatic carbocycles. The van der Waals surface area contributed by atoms with Crippen LogP contribution in [-0.2, 0) is 19.2 Å². The Morgan fingerprint density at radius 2 is 1.85 bits per heavy atom. The minimum absolute atomic E-state index is 0.0691. The summed E-state index contributed by atoms with van der Waals surface area (Å²) in [5.41, 5.74) is 5.96. The van der Waals surface area contributed by atoms with E-state index < -0.39 is 42.0 Å². The van der Waals surface area contributed by atoms with Gasteiger partial charge in [0.05, 0.1) is 6.04 Å². The van der Waals surface area contributed by atoms with Crippen molar-refractivity contribution in [1.29, 1.82) is 0 Å². The van der Waals surface area contributed by atoms with E-state index in [4.69, 9.17) is 10.8 Å². The van der Waals surface area contributed by atoms with Crippen molar-refractivity contribution in [3.8, 4) is 0 Å². The van der Waals surface area contributed by atoms with Gasteiger partial charge in [-0.05, 0) is 32.1 Å². The molecule has 0 radical (unpaired) electrons. The first-order valence-corrected chi connectivity index (χ1v) is 9.72. The predicted octanol–water partition coefficient (Wildman–Crippen LogP) is -0.645. The van der Waals surface area contributed by atoms with Gasteiger partial charge < -0.3 is 26.4 Å². The molecule has 27 heavy (non-hydrogen) atoms. The highest BCUT2D eigenvalue weighted by atomic mass is 32.1. The van der Waals surface area contributed by atoms with Gasteiger partial charge in [0.2, 0.25) is 17.7 Å². The van der Waals surface area contributed by atoms with E-state index in [1.807, 2.05) is 13.8 Å². The fourth-order valence-corrected chi connectivity index (χ4v) is 3.23. The number of hydrogen-bond acceptors (Lipinski definition) is 6. The van der Waals surface area contributed by atoms with Crippen LogP contribution in [-0.4, -0.2) is 70.2 Å². The van der Waals surface area contributed by atoms with Gasteiger partial charge in [-0.15, -0.1) is 0 Å². The summed E-state index contributed by atoms with van der Waals surface area (Å²) in [7, 11) is 0. The largest absolute Gasteiger partial charge is 0.480 e. The Balaban J connectivity index is 2.67. The van der Waals surface area contributed by atoms with Crippen molar-refractivity contribution in [2.24, 2.45) is 11.7 Å². The number of thiol groups is 1. The number of likely N-dealkylation sites (tertiary alicyclic amines) is 1. The molecule has 1 aliphatic rings. The van der Waals surface area contributed by atoms with Gasteiger partial charge in [-0.25, -0.2) is 4.79 Å². The minimum atomic E-state index is -1.21. The number of carboxylic acid groups (broad SMARTS) is 1. The molecule has 154 valence electrons. The van der Waals surface area contributed by atoms with Gasteiger partial charge in [0, 0.05) is 12.3 Å². The van der Waals surface area contributed by atoms with E-state index in [2.05, 4.69) is 23.3 Å². The maximum atomic E-state index is 12.6. The number of carbonyl (C=O) groups excluding carboxylic acids is 3. The van der Waals surface area contributed by atoms with Gasteiger partial charge in [-0.1, -0.05) is 13.8 Å². The van der Waals surface area contributed by atoms with Crippen molar-refractivity contribution in [2.75, 3.05) is 12.3 Å². The lowest BCUT2D eigenvalue weighted by Gasteiger charge is -2.28. The van der Waals surface area contributed by atoms with Crippen LogP contribution in [0.15, 0.2) is 0 Å². The third-order valence-electron chi connectivity index (χ3n) is 4.43. The van der Waals surface area contributed by atoms with E-state index in [0.717, 1.165) is 0 Å². The summed E-state index contributed by atoms with van der Waals surface area (Å²) < 4.78 is 0. The Bertz CT molecular complexity index is 572. The van der Waals surface area contributed by atoms with E-state index in [9.17, 15) is 19.2 Å². The quantitative estimate of drug-likeness (QED) is 0.325. The van der Waals surface area contributed by atoms with Crippen LogP contribution in [0.4, 0.5) is 0 Å². The molecule has 1 fully saturated rings. The van der Waals surface area contributed by atoms with Gasteiger partial charge in [0.15, 0.2) is 0 Å². The van der Waals surface area contributed by atoms with Crippen molar-refractivity contribution < 1.29 is 24.3 Å². The molecule has 0 unspecified atom stereocenters. The van der Waals surface area contributed by atoms with E-state index in [0.29, 0.717) is 25.8 Å². The highest BCUT2D eigenvalue weighted by molar-refractivity contribution is 7.80. The Morgan fingerprint density at radius 1 is 1.22 bits per heavy atom. The fraction of sp³-hybridized carbons (Fsp3) is 0.765. The lowest BCUT2D eigenvalue weighted by atomic mass is 10.0. The van der Waals surface area contributed by atoms with E-state index in [1.165, 1.54) is 11.8 Å². The van der Waals surface area contributed by atoms with Gasteiger partial charge in [-0.2, -0.15) is 12.6 Å². The molecule has 1 rings (SSSR count). The van der Waals surface area contributed by atoms with Crippen LogP contribution < -0.4 is 16.4 Å². The van der Waals surface area contributed by atoms with Crippen molar-refractivity contribution in [2.45, 2.75) is 64.2 Å². The Hall–Kier alpha value is -1.81. The summed E-state index contributed by atoms with van der Waals surface area (Å²) in [6, 6.07) is -3.42. The van der Waals surface area contributed by atoms with Crippen LogP contribution in [0, 0.1) is 5.92 Å². The summed E-state index contributed by atoms with van der Waals surface area (Å²) in [5, 5.41) is 13.8. The van der Waals surface area contributed by atoms with Gasteiger partial charge in [0.1, 0.15) is 18.1 Å². The first-order chi connectivity index (χ1) is 12.6. The molecular weight excluding hydrogens is 372 g/mol. The third-order valence-corrected chi connectivity index (χ3v) is 4.80. The standard InChI is InChI=1S/C17H30N4O5S/c1-9(2)7-11(18)16(24)21-6-4-5-13(21)15(23)19-10(3)14(22)20-12(8-27)17(25)26/h9-13,27H,4-8,18H2,1-3H3,(H,19,23)(H,20,22)(H,25,26)/t10-,11-,12-,13-/m0/s1. The Morgan fingerprint density at radius 3 is 2.37 bits per heavy atom. The SMILES string of the molecule is CC(C)C[C@H](N)C(=O)N1CCC[C@H]1C(=O)N[C@@H](C)C(=O)N[C@@H](CS)C(=O)O. The molecule has 5 N–H and O–H groups in total. The summed E-state index contributed by atoms with van der Waals surface area (Å²) >= 11 is 3.88. The van der Waals surface area contributed by atoms with Gasteiger partial charge in [-0.3, -0.25) is 14.4 Å². The maximum Gasteiger partial charge on any atom is 0.327 e. The lowest BCUT2D eigenvalue weighted by molar-refractivity contribution is -0.142. The summed E-state index contributed by atoms with van der Waals surface area (Å²) in [5.74, 6) is -2.35. The molecule has 10 heteroatoms. The van der Waals surface area contributed by atoms with Crippen molar-refractivity contribution in [1.82, 2.24) is 15.5 Å². The highest BCUT2D eigenvalue weighted by Crippen LogP contribution is 2.20. The molecule has 3 amide bonds. The van der Waals surface area contributed by atoms with Crippen LogP contribution in [0.3, 0.4) is 0 Å². The number of nitrogens with one attached hydrogen (secondary N) is 2. The zero-order chi connectivity index (χ0) is 20.7. The van der Waals surface area contributed by atoms with Crippen molar-refractivity contribution in [3.05, 3.63) is 0 Å². The molecule has 0 aromatic rings. The van der Waals surface area contributed by atoms with Crippen LogP contribution in [0.1, 0.15) is 40.0 Å². The summed E-state index contributed by atoms with van der Waals surface area (Å²) in [6.07, 6.45) is 1.71. The monoisotopic (exact) mass is 402 g/mol. The molecule has 0 spiro atoms. The average Bonchev–Trinajstić information content (AvgIpc) is 3.07. The lowest BCUT2D eigenvalue weighted by Crippen LogP contribution is -2.56. The normalized spacial score (nSPS) is 20.1. The molecule has 9 nitrogen and oxygen atoms in total. The molecule has 1 saturated heterocycles. The predicted molar refractivity (Wildman–Crippen MR) is 103 cm³/mol. The van der Waals surface area contributed by atoms with Gasteiger partial charge >= 0.3 is 5.97 Å². The number of nitrogens with zero attached hydrogens (tertiary/aromatic N) is 1. The first kappa shape index (κ1) is 23.2. The second kappa shape index (κ2) is 10.5. The molecule has 1 aliphatic heterocycles. The van der Waals surface area contributed by atoms with E-state index in [-0.39, 0.29) is 17.6 Å². The van der Waals surface area contributed by atoms with Gasteiger partial charge in [0.25, 0.3) is 0 Å². The number of rotatable bonds is 9. The molecule has 0 aliphatic carbocycles. The number of nitrogens with two attached hydrogens (primary N) is 1. The molecular formula is C17H30N4O5S. The number of carboxylic acids is 1. The van der Waals surface area contributed by atoms with Crippen LogP contribution in [0.25, 0.3) is 0 Å². The fourth-order valence-electron chi connectivity index (χ4n) is 2.98. The van der Waals surface area contributed by atoms with Crippen molar-refractivity contribution >= 4 is 36.3 Å². The Kier molecular flexibility index (Phi) is 9.04. The zero-order valence-corrected chi connectivity index (χ0v) is 16.9. The maximum absolute atomic E-state index is 12.6. The average molecular weight is 403 g/mol. The molecule has 0 aromatic heterocycles. The zero-order valence-electron chi connectivity index (χ0n) is 16.0. The number of hydrogen-bond donors (Lipinski definition) is 5. The number of carbonyl (C=O) groups is 4. The molecule has 0 bridgehead atoms. The number of amides is 3. The first-order valence-electron chi connectivity index (χ1n) is 9.08. The summed E-state index contributed by atoms with van der Waals surface area (Å²) in [4.78, 5) is 49.6. The topological polar surface area (TPSA) is 142 Å².